The molecule has 0 aliphatic carbocycles. The van der Waals surface area contributed by atoms with E-state index in [-0.39, 0.29) is 0 Å². The van der Waals surface area contributed by atoms with E-state index in [1.165, 1.54) is 205 Å². The first kappa shape index (κ1) is 57.8. The molecule has 0 bridgehead atoms. The quantitative estimate of drug-likeness (QED) is 0.0310. The average Bonchev–Trinajstić information content (AvgIpc) is 3.24. The summed E-state index contributed by atoms with van der Waals surface area (Å²) >= 11 is 0. The van der Waals surface area contributed by atoms with Gasteiger partial charge in [-0.25, -0.2) is 0 Å². The van der Waals surface area contributed by atoms with E-state index < -0.39 is 36.9 Å². The highest BCUT2D eigenvalue weighted by atomic mass is 16.3. The fourth-order valence-electron chi connectivity index (χ4n) is 8.21. The number of unbranched alkanes of at least 4 members (excludes halogenated alkanes) is 35. The van der Waals surface area contributed by atoms with Gasteiger partial charge in [-0.3, -0.25) is 4.79 Å². The number of amides is 1. The van der Waals surface area contributed by atoms with Gasteiger partial charge in [0.2, 0.25) is 5.91 Å². The van der Waals surface area contributed by atoms with Crippen molar-refractivity contribution in [2.75, 3.05) is 6.61 Å². The van der Waals surface area contributed by atoms with Gasteiger partial charge in [0.25, 0.3) is 0 Å². The largest absolute Gasteiger partial charge is 0.394 e. The van der Waals surface area contributed by atoms with Crippen molar-refractivity contribution >= 4 is 5.91 Å². The minimum absolute atomic E-state index is 0.365. The lowest BCUT2D eigenvalue weighted by atomic mass is 10.00. The molecular weight excluding hydrogens is 731 g/mol. The minimum atomic E-state index is -1.28. The van der Waals surface area contributed by atoms with Gasteiger partial charge < -0.3 is 25.7 Å². The van der Waals surface area contributed by atoms with Gasteiger partial charge in [0.05, 0.1) is 18.8 Å². The van der Waals surface area contributed by atoms with E-state index in [0.29, 0.717) is 19.3 Å². The van der Waals surface area contributed by atoms with Crippen LogP contribution in [0.3, 0.4) is 0 Å². The molecular formula is C53H103NO5. The van der Waals surface area contributed by atoms with Crippen molar-refractivity contribution in [1.82, 2.24) is 5.32 Å². The lowest BCUT2D eigenvalue weighted by molar-refractivity contribution is -0.132. The number of nitrogens with one attached hydrogen (secondary N) is 1. The molecule has 0 radical (unpaired) electrons. The summed E-state index contributed by atoms with van der Waals surface area (Å²) < 4.78 is 0. The second kappa shape index (κ2) is 47.8. The Labute approximate surface area is 367 Å². The summed E-state index contributed by atoms with van der Waals surface area (Å²) in [6.45, 7) is 3.96. The second-order valence-corrected chi connectivity index (χ2v) is 18.2. The zero-order valence-electron chi connectivity index (χ0n) is 39.5. The van der Waals surface area contributed by atoms with Crippen LogP contribution >= 0.6 is 0 Å². The smallest absolute Gasteiger partial charge is 0.249 e. The van der Waals surface area contributed by atoms with Crippen LogP contribution in [0.5, 0.6) is 0 Å². The molecule has 0 aromatic rings. The van der Waals surface area contributed by atoms with E-state index in [1.807, 2.05) is 0 Å². The molecule has 0 spiro atoms. The van der Waals surface area contributed by atoms with Crippen molar-refractivity contribution in [1.29, 1.82) is 0 Å². The second-order valence-electron chi connectivity index (χ2n) is 18.2. The Morgan fingerprint density at radius 2 is 0.712 bits per heavy atom. The molecule has 4 atom stereocenters. The predicted octanol–water partition coefficient (Wildman–Crippen LogP) is 14.7. The Balaban J connectivity index is 3.46. The van der Waals surface area contributed by atoms with Crippen molar-refractivity contribution in [3.8, 4) is 0 Å². The van der Waals surface area contributed by atoms with E-state index in [9.17, 15) is 25.2 Å². The van der Waals surface area contributed by atoms with Crippen molar-refractivity contribution in [2.45, 2.75) is 301 Å². The topological polar surface area (TPSA) is 110 Å². The highest BCUT2D eigenvalue weighted by molar-refractivity contribution is 5.80. The molecule has 59 heavy (non-hydrogen) atoms. The van der Waals surface area contributed by atoms with Gasteiger partial charge in [-0.15, -0.1) is 0 Å². The number of carbonyl (C=O) groups is 1. The van der Waals surface area contributed by atoms with Crippen molar-refractivity contribution in [2.24, 2.45) is 0 Å². The first-order valence-corrected chi connectivity index (χ1v) is 26.2. The van der Waals surface area contributed by atoms with Gasteiger partial charge in [0.15, 0.2) is 0 Å². The first-order valence-electron chi connectivity index (χ1n) is 26.2. The first-order chi connectivity index (χ1) is 29.0. The van der Waals surface area contributed by atoms with Crippen molar-refractivity contribution in [3.05, 3.63) is 24.3 Å². The standard InChI is InChI=1S/C53H103NO5/c1-3-5-7-9-11-12-13-14-15-16-17-18-19-20-21-22-23-24-25-26-27-28-29-30-31-32-33-34-35-36-37-38-39-41-43-45-47-51(57)53(59)54-49(48-55)52(58)50(56)46-44-42-40-10-8-6-4-2/h10,24-25,40,49-52,55-58H,3-9,11-23,26-39,41-48H2,1-2H3,(H,54,59)/b25-24-,40-10+. The Morgan fingerprint density at radius 1 is 0.407 bits per heavy atom. The SMILES string of the molecule is CCCC/C=C/CCCC(O)C(O)C(CO)NC(=O)C(O)CCCCCCCCCCCCCCCCCC/C=C\CCCCCCCCCCCCCCCCCC. The number of hydrogen-bond donors (Lipinski definition) is 5. The molecule has 0 heterocycles. The van der Waals surface area contributed by atoms with Crippen LogP contribution in [0.2, 0.25) is 0 Å². The molecule has 350 valence electrons. The summed E-state index contributed by atoms with van der Waals surface area (Å²) in [7, 11) is 0. The molecule has 0 saturated heterocycles. The Hall–Kier alpha value is -1.21. The summed E-state index contributed by atoms with van der Waals surface area (Å²) in [5.41, 5.74) is 0. The zero-order valence-corrected chi connectivity index (χ0v) is 39.5. The maximum absolute atomic E-state index is 12.5. The molecule has 6 heteroatoms. The normalized spacial score (nSPS) is 14.1. The Morgan fingerprint density at radius 3 is 1.07 bits per heavy atom. The fourth-order valence-corrected chi connectivity index (χ4v) is 8.21. The summed E-state index contributed by atoms with van der Waals surface area (Å²) in [6.07, 6.45) is 57.3. The molecule has 6 nitrogen and oxygen atoms in total. The maximum atomic E-state index is 12.5. The molecule has 0 aromatic heterocycles. The molecule has 0 saturated carbocycles. The number of aliphatic hydroxyl groups excluding tert-OH is 4. The third kappa shape index (κ3) is 41.9. The molecule has 4 unspecified atom stereocenters. The van der Waals surface area contributed by atoms with E-state index in [4.69, 9.17) is 0 Å². The molecule has 0 aliphatic rings. The van der Waals surface area contributed by atoms with Crippen LogP contribution in [-0.4, -0.2) is 57.3 Å². The van der Waals surface area contributed by atoms with Crippen LogP contribution in [0.25, 0.3) is 0 Å². The van der Waals surface area contributed by atoms with Gasteiger partial charge >= 0.3 is 0 Å². The highest BCUT2D eigenvalue weighted by Crippen LogP contribution is 2.17. The van der Waals surface area contributed by atoms with Crippen LogP contribution in [-0.2, 0) is 4.79 Å². The maximum Gasteiger partial charge on any atom is 0.249 e. The predicted molar refractivity (Wildman–Crippen MR) is 256 cm³/mol. The van der Waals surface area contributed by atoms with Gasteiger partial charge in [0, 0.05) is 0 Å². The van der Waals surface area contributed by atoms with E-state index in [0.717, 1.165) is 38.5 Å². The van der Waals surface area contributed by atoms with Crippen LogP contribution in [0, 0.1) is 0 Å². The summed E-state index contributed by atoms with van der Waals surface area (Å²) in [6, 6.07) is -0.997. The summed E-state index contributed by atoms with van der Waals surface area (Å²) in [4.78, 5) is 12.5. The fraction of sp³-hybridized carbons (Fsp3) is 0.906. The lowest BCUT2D eigenvalue weighted by Crippen LogP contribution is -2.53. The molecule has 0 fully saturated rings. The third-order valence-corrected chi connectivity index (χ3v) is 12.4. The molecule has 5 N–H and O–H groups in total. The van der Waals surface area contributed by atoms with Gasteiger partial charge in [-0.05, 0) is 57.8 Å². The third-order valence-electron chi connectivity index (χ3n) is 12.4. The Kier molecular flexibility index (Phi) is 46.9. The minimum Gasteiger partial charge on any atom is -0.394 e. The van der Waals surface area contributed by atoms with Crippen LogP contribution in [0.1, 0.15) is 277 Å². The van der Waals surface area contributed by atoms with E-state index >= 15 is 0 Å². The zero-order chi connectivity index (χ0) is 43.1. The molecule has 0 aromatic carbocycles. The van der Waals surface area contributed by atoms with Crippen LogP contribution < -0.4 is 5.32 Å². The number of hydrogen-bond acceptors (Lipinski definition) is 5. The van der Waals surface area contributed by atoms with Crippen molar-refractivity contribution < 1.29 is 25.2 Å². The van der Waals surface area contributed by atoms with Crippen molar-refractivity contribution in [3.63, 3.8) is 0 Å². The Bertz CT molecular complexity index is 893. The molecule has 0 rings (SSSR count). The van der Waals surface area contributed by atoms with Crippen LogP contribution in [0.15, 0.2) is 24.3 Å². The number of aliphatic hydroxyl groups is 4. The monoisotopic (exact) mass is 834 g/mol. The average molecular weight is 834 g/mol. The number of rotatable bonds is 48. The van der Waals surface area contributed by atoms with Gasteiger partial charge in [0.1, 0.15) is 12.2 Å². The summed E-state index contributed by atoms with van der Waals surface area (Å²) in [5.74, 6) is -0.594. The number of allylic oxidation sites excluding steroid dienone is 4. The van der Waals surface area contributed by atoms with Crippen LogP contribution in [0.4, 0.5) is 0 Å². The van der Waals surface area contributed by atoms with Gasteiger partial charge in [-0.1, -0.05) is 244 Å². The molecule has 1 amide bonds. The van der Waals surface area contributed by atoms with E-state index in [1.54, 1.807) is 0 Å². The van der Waals surface area contributed by atoms with E-state index in [2.05, 4.69) is 43.5 Å². The highest BCUT2D eigenvalue weighted by Gasteiger charge is 2.28. The molecule has 0 aliphatic heterocycles. The van der Waals surface area contributed by atoms with Gasteiger partial charge in [-0.2, -0.15) is 0 Å². The number of carbonyl (C=O) groups excluding carboxylic acids is 1. The lowest BCUT2D eigenvalue weighted by Gasteiger charge is -2.27. The summed E-state index contributed by atoms with van der Waals surface area (Å²) in [5, 5.41) is 43.4.